The summed E-state index contributed by atoms with van der Waals surface area (Å²) in [5.74, 6) is -2.28. The number of carboxylic acids is 1. The summed E-state index contributed by atoms with van der Waals surface area (Å²) >= 11 is 0. The highest BCUT2D eigenvalue weighted by molar-refractivity contribution is 5.81. The van der Waals surface area contributed by atoms with E-state index in [-0.39, 0.29) is 17.4 Å². The van der Waals surface area contributed by atoms with Crippen LogP contribution in [0.25, 0.3) is 0 Å². The molecule has 3 aliphatic carbocycles. The molecule has 0 aromatic heterocycles. The quantitative estimate of drug-likeness (QED) is 0.833. The second-order valence-electron chi connectivity index (χ2n) is 8.69. The van der Waals surface area contributed by atoms with E-state index in [1.807, 2.05) is 0 Å². The van der Waals surface area contributed by atoms with Gasteiger partial charge in [0.15, 0.2) is 0 Å². The van der Waals surface area contributed by atoms with Gasteiger partial charge in [-0.05, 0) is 64.0 Å². The fourth-order valence-electron chi connectivity index (χ4n) is 4.56. The van der Waals surface area contributed by atoms with Crippen molar-refractivity contribution in [3.8, 4) is 0 Å². The molecule has 2 N–H and O–H groups in total. The zero-order valence-corrected chi connectivity index (χ0v) is 15.1. The van der Waals surface area contributed by atoms with Crippen LogP contribution in [-0.4, -0.2) is 28.8 Å². The van der Waals surface area contributed by atoms with Crippen LogP contribution in [0.3, 0.4) is 0 Å². The van der Waals surface area contributed by atoms with Gasteiger partial charge in [0, 0.05) is 11.0 Å². The van der Waals surface area contributed by atoms with Gasteiger partial charge in [-0.3, -0.25) is 0 Å². The van der Waals surface area contributed by atoms with Gasteiger partial charge >= 0.3 is 12.1 Å². The number of nitrogens with one attached hydrogen (secondary N) is 1. The highest BCUT2D eigenvalue weighted by atomic mass is 19.1. The molecule has 142 valence electrons. The number of aliphatic carboxylic acids is 1. The van der Waals surface area contributed by atoms with Crippen molar-refractivity contribution in [2.75, 3.05) is 0 Å². The van der Waals surface area contributed by atoms with E-state index < -0.39 is 40.8 Å². The van der Waals surface area contributed by atoms with Gasteiger partial charge in [0.05, 0.1) is 0 Å². The van der Waals surface area contributed by atoms with Crippen LogP contribution in [0.1, 0.15) is 45.6 Å². The molecule has 0 saturated heterocycles. The molecule has 0 heterocycles. The first-order valence-electron chi connectivity index (χ1n) is 8.61. The summed E-state index contributed by atoms with van der Waals surface area (Å²) in [6.45, 7) is 5.09. The Kier molecular flexibility index (Phi) is 4.24. The molecular weight excluding hydrogens is 344 g/mol. The lowest BCUT2D eigenvalue weighted by Crippen LogP contribution is -2.72. The largest absolute Gasteiger partial charge is 0.480 e. The first kappa shape index (κ1) is 18.6. The van der Waals surface area contributed by atoms with Crippen LogP contribution in [-0.2, 0) is 16.0 Å². The molecule has 0 aliphatic heterocycles. The second-order valence-corrected chi connectivity index (χ2v) is 8.69. The Balaban J connectivity index is 1.65. The minimum Gasteiger partial charge on any atom is -0.480 e. The molecule has 3 saturated carbocycles. The van der Waals surface area contributed by atoms with Gasteiger partial charge < -0.3 is 15.2 Å². The summed E-state index contributed by atoms with van der Waals surface area (Å²) in [5, 5.41) is 12.0. The normalized spacial score (nSPS) is 27.7. The molecule has 0 radical (unpaired) electrons. The summed E-state index contributed by atoms with van der Waals surface area (Å²) in [5.41, 5.74) is -1.53. The lowest BCUT2D eigenvalue weighted by molar-refractivity contribution is -0.224. The van der Waals surface area contributed by atoms with Gasteiger partial charge in [-0.2, -0.15) is 0 Å². The SMILES string of the molecule is CC(C)(C)OC(=O)NC(C(=O)O)C12CC(Cc3c(F)cccc3F)(C1)C2. The number of carbonyl (C=O) groups excluding carboxylic acids is 1. The van der Waals surface area contributed by atoms with Gasteiger partial charge in [0.2, 0.25) is 0 Å². The van der Waals surface area contributed by atoms with Crippen molar-refractivity contribution < 1.29 is 28.2 Å². The second kappa shape index (κ2) is 5.93. The fraction of sp³-hybridized carbons (Fsp3) is 0.579. The Hall–Kier alpha value is -2.18. The van der Waals surface area contributed by atoms with E-state index >= 15 is 0 Å². The number of hydrogen-bond donors (Lipinski definition) is 2. The summed E-state index contributed by atoms with van der Waals surface area (Å²) in [7, 11) is 0. The molecule has 5 nitrogen and oxygen atoms in total. The first-order valence-corrected chi connectivity index (χ1v) is 8.61. The molecule has 1 unspecified atom stereocenters. The van der Waals surface area contributed by atoms with E-state index in [0.717, 1.165) is 0 Å². The monoisotopic (exact) mass is 367 g/mol. The Morgan fingerprint density at radius 1 is 1.23 bits per heavy atom. The van der Waals surface area contributed by atoms with Gasteiger partial charge in [0.25, 0.3) is 0 Å². The van der Waals surface area contributed by atoms with Crippen LogP contribution < -0.4 is 5.32 Å². The lowest BCUT2D eigenvalue weighted by atomic mass is 9.32. The van der Waals surface area contributed by atoms with Crippen LogP contribution >= 0.6 is 0 Å². The standard InChI is InChI=1S/C19H23F2NO4/c1-17(2,3)26-16(25)22-14(15(23)24)19-8-18(9-19,10-19)7-11-12(20)5-4-6-13(11)21/h4-6,14H,7-10H2,1-3H3,(H,22,25)(H,23,24). The summed E-state index contributed by atoms with van der Waals surface area (Å²) in [4.78, 5) is 23.6. The lowest BCUT2D eigenvalue weighted by Gasteiger charge is -2.72. The molecule has 1 amide bonds. The van der Waals surface area contributed by atoms with Crippen LogP contribution in [0.2, 0.25) is 0 Å². The highest BCUT2D eigenvalue weighted by Gasteiger charge is 2.72. The Bertz CT molecular complexity index is 716. The average Bonchev–Trinajstić information content (AvgIpc) is 2.39. The minimum atomic E-state index is -1.12. The number of ether oxygens (including phenoxy) is 1. The highest BCUT2D eigenvalue weighted by Crippen LogP contribution is 2.75. The minimum absolute atomic E-state index is 0.0489. The van der Waals surface area contributed by atoms with Crippen LogP contribution in [0.4, 0.5) is 13.6 Å². The maximum Gasteiger partial charge on any atom is 0.408 e. The van der Waals surface area contributed by atoms with E-state index in [2.05, 4.69) is 5.32 Å². The van der Waals surface area contributed by atoms with Crippen LogP contribution in [0.5, 0.6) is 0 Å². The molecule has 2 bridgehead atoms. The predicted octanol–water partition coefficient (Wildman–Crippen LogP) is 3.66. The third-order valence-electron chi connectivity index (χ3n) is 5.32. The fourth-order valence-corrected chi connectivity index (χ4v) is 4.56. The van der Waals surface area contributed by atoms with Gasteiger partial charge in [0.1, 0.15) is 23.3 Å². The maximum atomic E-state index is 13.9. The Morgan fingerprint density at radius 2 is 1.77 bits per heavy atom. The number of amides is 1. The van der Waals surface area contributed by atoms with Crippen molar-refractivity contribution in [3.05, 3.63) is 35.4 Å². The van der Waals surface area contributed by atoms with E-state index in [4.69, 9.17) is 4.74 Å². The van der Waals surface area contributed by atoms with E-state index in [1.54, 1.807) is 20.8 Å². The molecule has 1 aromatic rings. The van der Waals surface area contributed by atoms with Crippen molar-refractivity contribution in [1.29, 1.82) is 0 Å². The van der Waals surface area contributed by atoms with Crippen molar-refractivity contribution in [3.63, 3.8) is 0 Å². The molecule has 1 aromatic carbocycles. The molecule has 3 fully saturated rings. The van der Waals surface area contributed by atoms with Crippen molar-refractivity contribution >= 4 is 12.1 Å². The summed E-state index contributed by atoms with van der Waals surface area (Å²) in [6.07, 6.45) is 1.01. The summed E-state index contributed by atoms with van der Waals surface area (Å²) in [6, 6.07) is 2.71. The topological polar surface area (TPSA) is 75.6 Å². The Morgan fingerprint density at radius 3 is 2.23 bits per heavy atom. The van der Waals surface area contributed by atoms with Crippen molar-refractivity contribution in [1.82, 2.24) is 5.32 Å². The first-order chi connectivity index (χ1) is 12.0. The van der Waals surface area contributed by atoms with Crippen molar-refractivity contribution in [2.24, 2.45) is 10.8 Å². The summed E-state index contributed by atoms with van der Waals surface area (Å²) < 4.78 is 32.9. The number of carbonyl (C=O) groups is 2. The van der Waals surface area contributed by atoms with E-state index in [0.29, 0.717) is 19.3 Å². The molecule has 26 heavy (non-hydrogen) atoms. The zero-order chi connectivity index (χ0) is 19.3. The van der Waals surface area contributed by atoms with Crippen LogP contribution in [0.15, 0.2) is 18.2 Å². The number of benzene rings is 1. The van der Waals surface area contributed by atoms with E-state index in [9.17, 15) is 23.5 Å². The molecule has 1 atom stereocenters. The van der Waals surface area contributed by atoms with Crippen molar-refractivity contribution in [2.45, 2.75) is 58.1 Å². The Labute approximate surface area is 150 Å². The van der Waals surface area contributed by atoms with Gasteiger partial charge in [-0.1, -0.05) is 6.07 Å². The van der Waals surface area contributed by atoms with Gasteiger partial charge in [-0.25, -0.2) is 18.4 Å². The zero-order valence-electron chi connectivity index (χ0n) is 15.1. The molecule has 7 heteroatoms. The van der Waals surface area contributed by atoms with E-state index in [1.165, 1.54) is 18.2 Å². The number of alkyl carbamates (subject to hydrolysis) is 1. The predicted molar refractivity (Wildman–Crippen MR) is 89.6 cm³/mol. The molecular formula is C19H23F2NO4. The van der Waals surface area contributed by atoms with Crippen LogP contribution in [0, 0.1) is 22.5 Å². The number of rotatable bonds is 5. The molecule has 0 spiro atoms. The third kappa shape index (κ3) is 3.27. The molecule has 4 rings (SSSR count). The van der Waals surface area contributed by atoms with Gasteiger partial charge in [-0.15, -0.1) is 0 Å². The third-order valence-corrected chi connectivity index (χ3v) is 5.32. The maximum absolute atomic E-state index is 13.9. The molecule has 3 aliphatic rings. The number of halogens is 2. The average molecular weight is 367 g/mol. The smallest absolute Gasteiger partial charge is 0.408 e. The number of carboxylic acid groups (broad SMARTS) is 1. The number of hydrogen-bond acceptors (Lipinski definition) is 3.